The Balaban J connectivity index is 1.80. The summed E-state index contributed by atoms with van der Waals surface area (Å²) in [6, 6.07) is 13.7. The molecule has 0 atom stereocenters. The minimum atomic E-state index is -4.35. The Morgan fingerprint density at radius 3 is 2.17 bits per heavy atom. The molecule has 2 aromatic carbocycles. The van der Waals surface area contributed by atoms with Crippen LogP contribution in [0.4, 0.5) is 13.2 Å². The molecule has 0 amide bonds. The van der Waals surface area contributed by atoms with E-state index in [1.807, 2.05) is 25.1 Å². The van der Waals surface area contributed by atoms with Crippen molar-refractivity contribution in [2.24, 2.45) is 0 Å². The summed E-state index contributed by atoms with van der Waals surface area (Å²) >= 11 is 0. The maximum atomic E-state index is 12.5. The van der Waals surface area contributed by atoms with E-state index in [-0.39, 0.29) is 0 Å². The van der Waals surface area contributed by atoms with Crippen molar-refractivity contribution >= 4 is 0 Å². The van der Waals surface area contributed by atoms with Crippen LogP contribution in [0.1, 0.15) is 11.1 Å². The van der Waals surface area contributed by atoms with Crippen LogP contribution in [0.2, 0.25) is 0 Å². The molecule has 0 saturated heterocycles. The highest BCUT2D eigenvalue weighted by molar-refractivity contribution is 5.63. The molecule has 0 radical (unpaired) electrons. The minimum Gasteiger partial charge on any atom is -0.464 e. The number of furan rings is 1. The summed E-state index contributed by atoms with van der Waals surface area (Å²) < 4.78 is 48.5. The van der Waals surface area contributed by atoms with E-state index in [2.05, 4.69) is 0 Å². The summed E-state index contributed by atoms with van der Waals surface area (Å²) in [6.45, 7) is 1.91. The van der Waals surface area contributed by atoms with E-state index >= 15 is 0 Å². The SMILES string of the molecule is Cc1cc(Oc2ccc(C(F)(F)F)cc2)ccc1-c1ccco1. The van der Waals surface area contributed by atoms with Gasteiger partial charge in [0.15, 0.2) is 0 Å². The first kappa shape index (κ1) is 15.2. The second kappa shape index (κ2) is 5.83. The Bertz CT molecular complexity index is 788. The quantitative estimate of drug-likeness (QED) is 0.585. The van der Waals surface area contributed by atoms with E-state index in [0.717, 1.165) is 29.0 Å². The topological polar surface area (TPSA) is 22.4 Å². The Kier molecular flexibility index (Phi) is 3.86. The molecule has 0 fully saturated rings. The van der Waals surface area contributed by atoms with Gasteiger partial charge in [0.2, 0.25) is 0 Å². The van der Waals surface area contributed by atoms with Crippen LogP contribution >= 0.6 is 0 Å². The molecule has 23 heavy (non-hydrogen) atoms. The largest absolute Gasteiger partial charge is 0.464 e. The zero-order chi connectivity index (χ0) is 16.4. The second-order valence-electron chi connectivity index (χ2n) is 5.08. The van der Waals surface area contributed by atoms with Crippen LogP contribution in [0.25, 0.3) is 11.3 Å². The van der Waals surface area contributed by atoms with Crippen molar-refractivity contribution in [2.75, 3.05) is 0 Å². The molecule has 5 heteroatoms. The summed E-state index contributed by atoms with van der Waals surface area (Å²) in [6.07, 6.45) is -2.75. The fourth-order valence-corrected chi connectivity index (χ4v) is 2.26. The Morgan fingerprint density at radius 1 is 0.913 bits per heavy atom. The molecular formula is C18H13F3O2. The van der Waals surface area contributed by atoms with Crippen LogP contribution in [0.3, 0.4) is 0 Å². The molecule has 3 aromatic rings. The van der Waals surface area contributed by atoms with E-state index in [0.29, 0.717) is 11.5 Å². The third kappa shape index (κ3) is 3.39. The summed E-state index contributed by atoms with van der Waals surface area (Å²) in [4.78, 5) is 0. The number of hydrogen-bond acceptors (Lipinski definition) is 2. The average Bonchev–Trinajstić information content (AvgIpc) is 3.01. The third-order valence-electron chi connectivity index (χ3n) is 3.40. The minimum absolute atomic E-state index is 0.350. The van der Waals surface area contributed by atoms with E-state index in [1.54, 1.807) is 18.4 Å². The molecular weight excluding hydrogens is 305 g/mol. The predicted octanol–water partition coefficient (Wildman–Crippen LogP) is 6.07. The third-order valence-corrected chi connectivity index (χ3v) is 3.40. The van der Waals surface area contributed by atoms with Gasteiger partial charge in [0.25, 0.3) is 0 Å². The lowest BCUT2D eigenvalue weighted by atomic mass is 10.1. The van der Waals surface area contributed by atoms with Crippen molar-refractivity contribution in [3.05, 3.63) is 72.0 Å². The maximum Gasteiger partial charge on any atom is 0.416 e. The number of benzene rings is 2. The zero-order valence-electron chi connectivity index (χ0n) is 12.2. The number of halogens is 3. The first-order chi connectivity index (χ1) is 10.9. The first-order valence-electron chi connectivity index (χ1n) is 6.93. The molecule has 0 aliphatic carbocycles. The van der Waals surface area contributed by atoms with Crippen molar-refractivity contribution in [3.8, 4) is 22.8 Å². The fourth-order valence-electron chi connectivity index (χ4n) is 2.26. The monoisotopic (exact) mass is 318 g/mol. The molecule has 3 rings (SSSR count). The van der Waals surface area contributed by atoms with Gasteiger partial charge < -0.3 is 9.15 Å². The van der Waals surface area contributed by atoms with Crippen LogP contribution in [-0.4, -0.2) is 0 Å². The van der Waals surface area contributed by atoms with Crippen LogP contribution in [0.15, 0.2) is 65.3 Å². The van der Waals surface area contributed by atoms with Gasteiger partial charge in [-0.3, -0.25) is 0 Å². The maximum absolute atomic E-state index is 12.5. The fraction of sp³-hybridized carbons (Fsp3) is 0.111. The zero-order valence-corrected chi connectivity index (χ0v) is 12.2. The molecule has 118 valence electrons. The molecule has 0 unspecified atom stereocenters. The van der Waals surface area contributed by atoms with Gasteiger partial charge in [0.05, 0.1) is 11.8 Å². The van der Waals surface area contributed by atoms with Crippen molar-refractivity contribution in [2.45, 2.75) is 13.1 Å². The van der Waals surface area contributed by atoms with Gasteiger partial charge >= 0.3 is 6.18 Å². The number of aryl methyl sites for hydroxylation is 1. The molecule has 2 nitrogen and oxygen atoms in total. The summed E-state index contributed by atoms with van der Waals surface area (Å²) in [5, 5.41) is 0. The number of alkyl halides is 3. The van der Waals surface area contributed by atoms with Crippen molar-refractivity contribution < 1.29 is 22.3 Å². The highest BCUT2D eigenvalue weighted by Gasteiger charge is 2.30. The van der Waals surface area contributed by atoms with Crippen molar-refractivity contribution in [1.82, 2.24) is 0 Å². The molecule has 0 saturated carbocycles. The van der Waals surface area contributed by atoms with Crippen LogP contribution in [0, 0.1) is 6.92 Å². The van der Waals surface area contributed by atoms with E-state index in [1.165, 1.54) is 12.1 Å². The van der Waals surface area contributed by atoms with Crippen LogP contribution in [0.5, 0.6) is 11.5 Å². The van der Waals surface area contributed by atoms with Crippen LogP contribution in [-0.2, 0) is 6.18 Å². The second-order valence-corrected chi connectivity index (χ2v) is 5.08. The van der Waals surface area contributed by atoms with Gasteiger partial charge in [0.1, 0.15) is 17.3 Å². The van der Waals surface area contributed by atoms with Gasteiger partial charge in [-0.1, -0.05) is 0 Å². The van der Waals surface area contributed by atoms with E-state index in [9.17, 15) is 13.2 Å². The molecule has 0 bridgehead atoms. The highest BCUT2D eigenvalue weighted by Crippen LogP contribution is 2.32. The highest BCUT2D eigenvalue weighted by atomic mass is 19.4. The van der Waals surface area contributed by atoms with Crippen LogP contribution < -0.4 is 4.74 Å². The lowest BCUT2D eigenvalue weighted by Gasteiger charge is -2.10. The van der Waals surface area contributed by atoms with E-state index in [4.69, 9.17) is 9.15 Å². The molecule has 1 aromatic heterocycles. The molecule has 0 N–H and O–H groups in total. The predicted molar refractivity (Wildman–Crippen MR) is 80.4 cm³/mol. The van der Waals surface area contributed by atoms with Gasteiger partial charge in [-0.2, -0.15) is 13.2 Å². The first-order valence-corrected chi connectivity index (χ1v) is 6.93. The van der Waals surface area contributed by atoms with Crippen molar-refractivity contribution in [1.29, 1.82) is 0 Å². The van der Waals surface area contributed by atoms with Gasteiger partial charge in [-0.05, 0) is 67.1 Å². The Morgan fingerprint density at radius 2 is 1.61 bits per heavy atom. The van der Waals surface area contributed by atoms with Gasteiger partial charge in [-0.15, -0.1) is 0 Å². The standard InChI is InChI=1S/C18H13F3O2/c1-12-11-15(8-9-16(12)17-3-2-10-22-17)23-14-6-4-13(5-7-14)18(19,20)21/h2-11H,1H3. The van der Waals surface area contributed by atoms with Gasteiger partial charge in [-0.25, -0.2) is 0 Å². The molecule has 1 heterocycles. The lowest BCUT2D eigenvalue weighted by molar-refractivity contribution is -0.137. The van der Waals surface area contributed by atoms with E-state index < -0.39 is 11.7 Å². The average molecular weight is 318 g/mol. The lowest BCUT2D eigenvalue weighted by Crippen LogP contribution is -2.03. The molecule has 0 aliphatic heterocycles. The molecule has 0 aliphatic rings. The number of rotatable bonds is 3. The Hall–Kier alpha value is -2.69. The smallest absolute Gasteiger partial charge is 0.416 e. The normalized spacial score (nSPS) is 11.5. The summed E-state index contributed by atoms with van der Waals surface area (Å²) in [5.41, 5.74) is 1.19. The summed E-state index contributed by atoms with van der Waals surface area (Å²) in [7, 11) is 0. The summed E-state index contributed by atoms with van der Waals surface area (Å²) in [5.74, 6) is 1.66. The van der Waals surface area contributed by atoms with Crippen molar-refractivity contribution in [3.63, 3.8) is 0 Å². The number of ether oxygens (including phenoxy) is 1. The molecule has 0 spiro atoms. The van der Waals surface area contributed by atoms with Gasteiger partial charge in [0, 0.05) is 5.56 Å². The number of hydrogen-bond donors (Lipinski definition) is 0. The Labute approximate surface area is 131 Å².